The molecule has 0 spiro atoms. The number of fused-ring (bicyclic) bond motifs is 1. The van der Waals surface area contributed by atoms with E-state index in [9.17, 15) is 31.2 Å². The van der Waals surface area contributed by atoms with E-state index < -0.39 is 41.2 Å². The summed E-state index contributed by atoms with van der Waals surface area (Å²) in [4.78, 5) is 23.4. The lowest BCUT2D eigenvalue weighted by atomic mass is 10.1. The Morgan fingerprint density at radius 2 is 1.87 bits per heavy atom. The quantitative estimate of drug-likeness (QED) is 0.675. The Labute approximate surface area is 176 Å². The Bertz CT molecular complexity index is 1100. The van der Waals surface area contributed by atoms with Gasteiger partial charge in [0, 0.05) is 6.04 Å². The summed E-state index contributed by atoms with van der Waals surface area (Å²) in [7, 11) is -3.99. The highest BCUT2D eigenvalue weighted by atomic mass is 32.2. The van der Waals surface area contributed by atoms with Crippen LogP contribution in [0.2, 0.25) is 0 Å². The van der Waals surface area contributed by atoms with Crippen LogP contribution in [0.5, 0.6) is 0 Å². The normalized spacial score (nSPS) is 16.0. The van der Waals surface area contributed by atoms with E-state index in [2.05, 4.69) is 0 Å². The summed E-state index contributed by atoms with van der Waals surface area (Å²) in [5.74, 6) is -2.16. The minimum absolute atomic E-state index is 0.146. The third kappa shape index (κ3) is 5.16. The SMILES string of the molecule is CC1Cc2ccccc2N1S(=O)(=O)c1cccc(C(=O)OCC(=O)NCC(F)(F)F)c1. The molecule has 0 radical (unpaired) electrons. The molecule has 3 rings (SSSR count). The number of carbonyl (C=O) groups excluding carboxylic acids is 2. The number of ether oxygens (including phenoxy) is 1. The van der Waals surface area contributed by atoms with Gasteiger partial charge in [-0.2, -0.15) is 13.2 Å². The minimum Gasteiger partial charge on any atom is -0.452 e. The molecule has 2 aromatic carbocycles. The molecule has 0 aromatic heterocycles. The second-order valence-electron chi connectivity index (χ2n) is 6.98. The van der Waals surface area contributed by atoms with Crippen molar-refractivity contribution >= 4 is 27.6 Å². The monoisotopic (exact) mass is 456 g/mol. The van der Waals surface area contributed by atoms with Crippen molar-refractivity contribution in [2.75, 3.05) is 17.5 Å². The highest BCUT2D eigenvalue weighted by molar-refractivity contribution is 7.92. The molecule has 11 heteroatoms. The summed E-state index contributed by atoms with van der Waals surface area (Å²) < 4.78 is 68.8. The first-order valence-electron chi connectivity index (χ1n) is 9.22. The van der Waals surface area contributed by atoms with E-state index in [-0.39, 0.29) is 16.5 Å². The number of para-hydroxylation sites is 1. The molecule has 1 heterocycles. The lowest BCUT2D eigenvalue weighted by Crippen LogP contribution is -2.36. The molecule has 1 aliphatic heterocycles. The van der Waals surface area contributed by atoms with Crippen LogP contribution in [-0.2, 0) is 26.0 Å². The fourth-order valence-electron chi connectivity index (χ4n) is 3.26. The predicted molar refractivity (Wildman–Crippen MR) is 105 cm³/mol. The standard InChI is InChI=1S/C20H19F3N2O5S/c1-13-9-14-5-2-3-8-17(14)25(13)31(28,29)16-7-4-6-15(10-16)19(27)30-11-18(26)24-12-20(21,22)23/h2-8,10,13H,9,11-12H2,1H3,(H,24,26). The number of nitrogens with one attached hydrogen (secondary N) is 1. The molecule has 0 saturated carbocycles. The van der Waals surface area contributed by atoms with Crippen molar-refractivity contribution in [3.8, 4) is 0 Å². The lowest BCUT2D eigenvalue weighted by molar-refractivity contribution is -0.140. The van der Waals surface area contributed by atoms with E-state index in [1.165, 1.54) is 22.5 Å². The van der Waals surface area contributed by atoms with E-state index in [1.54, 1.807) is 24.4 Å². The van der Waals surface area contributed by atoms with Gasteiger partial charge in [0.05, 0.1) is 16.1 Å². The number of nitrogens with zero attached hydrogens (tertiary/aromatic N) is 1. The second-order valence-corrected chi connectivity index (χ2v) is 8.79. The maximum absolute atomic E-state index is 13.2. The number of esters is 1. The molecule has 0 bridgehead atoms. The van der Waals surface area contributed by atoms with Gasteiger partial charge in [-0.3, -0.25) is 9.10 Å². The van der Waals surface area contributed by atoms with Gasteiger partial charge in [0.25, 0.3) is 15.9 Å². The largest absolute Gasteiger partial charge is 0.452 e. The molecule has 0 fully saturated rings. The summed E-state index contributed by atoms with van der Waals surface area (Å²) in [5.41, 5.74) is 1.30. The number of halogens is 3. The lowest BCUT2D eigenvalue weighted by Gasteiger charge is -2.24. The zero-order valence-corrected chi connectivity index (χ0v) is 17.2. The van der Waals surface area contributed by atoms with Crippen molar-refractivity contribution < 1.29 is 35.9 Å². The van der Waals surface area contributed by atoms with Gasteiger partial charge in [-0.25, -0.2) is 13.2 Å². The molecule has 0 aliphatic carbocycles. The molecular formula is C20H19F3N2O5S. The van der Waals surface area contributed by atoms with Crippen LogP contribution in [0, 0.1) is 0 Å². The number of amides is 1. The first-order valence-corrected chi connectivity index (χ1v) is 10.7. The Morgan fingerprint density at radius 3 is 2.58 bits per heavy atom. The Hall–Kier alpha value is -3.08. The van der Waals surface area contributed by atoms with Gasteiger partial charge in [0.1, 0.15) is 6.54 Å². The molecule has 1 unspecified atom stereocenters. The molecule has 31 heavy (non-hydrogen) atoms. The van der Waals surface area contributed by atoms with Crippen LogP contribution in [0.1, 0.15) is 22.8 Å². The van der Waals surface area contributed by atoms with Gasteiger partial charge in [-0.15, -0.1) is 0 Å². The first kappa shape index (κ1) is 22.6. The number of benzene rings is 2. The van der Waals surface area contributed by atoms with Crippen LogP contribution in [0.25, 0.3) is 0 Å². The number of rotatable bonds is 6. The van der Waals surface area contributed by atoms with Crippen LogP contribution < -0.4 is 9.62 Å². The summed E-state index contributed by atoms with van der Waals surface area (Å²) in [6.45, 7) is -0.704. The first-order chi connectivity index (χ1) is 14.5. The Morgan fingerprint density at radius 1 is 1.16 bits per heavy atom. The molecule has 1 atom stereocenters. The Kier molecular flexibility index (Phi) is 6.25. The third-order valence-corrected chi connectivity index (χ3v) is 6.52. The fourth-order valence-corrected chi connectivity index (χ4v) is 5.00. The van der Waals surface area contributed by atoms with Crippen LogP contribution in [0.15, 0.2) is 53.4 Å². The maximum atomic E-state index is 13.2. The topological polar surface area (TPSA) is 92.8 Å². The molecule has 0 saturated heterocycles. The third-order valence-electron chi connectivity index (χ3n) is 4.59. The highest BCUT2D eigenvalue weighted by Crippen LogP contribution is 2.36. The summed E-state index contributed by atoms with van der Waals surface area (Å²) >= 11 is 0. The van der Waals surface area contributed by atoms with Crippen LogP contribution in [-0.4, -0.2) is 45.7 Å². The number of anilines is 1. The molecule has 1 aliphatic rings. The zero-order chi connectivity index (χ0) is 22.8. The van der Waals surface area contributed by atoms with Gasteiger partial charge in [-0.1, -0.05) is 24.3 Å². The summed E-state index contributed by atoms with van der Waals surface area (Å²) in [5, 5.41) is 1.57. The van der Waals surface area contributed by atoms with Gasteiger partial charge in [0.15, 0.2) is 6.61 Å². The smallest absolute Gasteiger partial charge is 0.405 e. The minimum atomic E-state index is -4.59. The molecule has 166 valence electrons. The second kappa shape index (κ2) is 8.58. The highest BCUT2D eigenvalue weighted by Gasteiger charge is 2.36. The van der Waals surface area contributed by atoms with Crippen molar-refractivity contribution in [1.82, 2.24) is 5.32 Å². The number of hydrogen-bond acceptors (Lipinski definition) is 5. The van der Waals surface area contributed by atoms with Gasteiger partial charge in [0.2, 0.25) is 0 Å². The maximum Gasteiger partial charge on any atom is 0.405 e. The number of alkyl halides is 3. The Balaban J connectivity index is 1.74. The number of hydrogen-bond donors (Lipinski definition) is 1. The molecule has 1 N–H and O–H groups in total. The van der Waals surface area contributed by atoms with E-state index in [0.29, 0.717) is 12.1 Å². The summed E-state index contributed by atoms with van der Waals surface area (Å²) in [6, 6.07) is 11.9. The average molecular weight is 456 g/mol. The average Bonchev–Trinajstić information content (AvgIpc) is 3.06. The summed E-state index contributed by atoms with van der Waals surface area (Å²) in [6.07, 6.45) is -4.04. The zero-order valence-electron chi connectivity index (χ0n) is 16.3. The van der Waals surface area contributed by atoms with Crippen molar-refractivity contribution in [2.24, 2.45) is 0 Å². The van der Waals surface area contributed by atoms with Crippen molar-refractivity contribution in [2.45, 2.75) is 30.5 Å². The van der Waals surface area contributed by atoms with Gasteiger partial charge >= 0.3 is 12.1 Å². The van der Waals surface area contributed by atoms with Crippen molar-refractivity contribution in [3.63, 3.8) is 0 Å². The van der Waals surface area contributed by atoms with Gasteiger partial charge in [-0.05, 0) is 43.2 Å². The number of sulfonamides is 1. The molecule has 2 aromatic rings. The van der Waals surface area contributed by atoms with E-state index >= 15 is 0 Å². The molecule has 7 nitrogen and oxygen atoms in total. The van der Waals surface area contributed by atoms with Crippen LogP contribution >= 0.6 is 0 Å². The van der Waals surface area contributed by atoms with E-state index in [4.69, 9.17) is 4.74 Å². The van der Waals surface area contributed by atoms with E-state index in [0.717, 1.165) is 11.6 Å². The number of carbonyl (C=O) groups is 2. The van der Waals surface area contributed by atoms with Gasteiger partial charge < -0.3 is 10.1 Å². The van der Waals surface area contributed by atoms with Crippen LogP contribution in [0.3, 0.4) is 0 Å². The van der Waals surface area contributed by atoms with Crippen molar-refractivity contribution in [1.29, 1.82) is 0 Å². The van der Waals surface area contributed by atoms with Crippen LogP contribution in [0.4, 0.5) is 18.9 Å². The fraction of sp³-hybridized carbons (Fsp3) is 0.300. The molecular weight excluding hydrogens is 437 g/mol. The van der Waals surface area contributed by atoms with E-state index in [1.807, 2.05) is 12.1 Å². The van der Waals surface area contributed by atoms with Crippen molar-refractivity contribution in [3.05, 3.63) is 59.7 Å². The molecule has 1 amide bonds. The predicted octanol–water partition coefficient (Wildman–Crippen LogP) is 2.66.